The summed E-state index contributed by atoms with van der Waals surface area (Å²) in [5.74, 6) is 1.08. The number of nitrogens with zero attached hydrogens (tertiary/aromatic N) is 2. The van der Waals surface area contributed by atoms with Crippen LogP contribution in [-0.2, 0) is 6.54 Å². The first-order valence-corrected chi connectivity index (χ1v) is 7.37. The minimum atomic E-state index is 0.0163. The van der Waals surface area contributed by atoms with Crippen molar-refractivity contribution in [2.45, 2.75) is 53.6 Å². The first-order chi connectivity index (χ1) is 9.31. The summed E-state index contributed by atoms with van der Waals surface area (Å²) in [7, 11) is 0. The summed E-state index contributed by atoms with van der Waals surface area (Å²) in [6, 6.07) is 2.16. The molecule has 0 unspecified atom stereocenters. The normalized spacial score (nSPS) is 11.5. The van der Waals surface area contributed by atoms with Gasteiger partial charge in [0, 0.05) is 29.9 Å². The van der Waals surface area contributed by atoms with Crippen LogP contribution in [0, 0.1) is 13.8 Å². The summed E-state index contributed by atoms with van der Waals surface area (Å²) in [6.45, 7) is 19.5. The number of nitrogens with one attached hydrogen (secondary N) is 1. The van der Waals surface area contributed by atoms with Crippen LogP contribution in [-0.4, -0.2) is 23.6 Å². The zero-order chi connectivity index (χ0) is 15.3. The number of hydrogen-bond donors (Lipinski definition) is 1. The highest BCUT2D eigenvalue weighted by molar-refractivity contribution is 5.53. The van der Waals surface area contributed by atoms with Crippen LogP contribution >= 0.6 is 0 Å². The van der Waals surface area contributed by atoms with Gasteiger partial charge < -0.3 is 10.2 Å². The monoisotopic (exact) mass is 275 g/mol. The third-order valence-electron chi connectivity index (χ3n) is 3.38. The molecule has 0 spiro atoms. The van der Waals surface area contributed by atoms with Gasteiger partial charge >= 0.3 is 0 Å². The average Bonchev–Trinajstić information content (AvgIpc) is 2.32. The Balaban J connectivity index is 3.34. The maximum atomic E-state index is 4.81. The van der Waals surface area contributed by atoms with Crippen molar-refractivity contribution in [3.05, 3.63) is 35.5 Å². The molecule has 0 aliphatic heterocycles. The fraction of sp³-hybridized carbons (Fsp3) is 0.588. The summed E-state index contributed by atoms with van der Waals surface area (Å²) < 4.78 is 0. The lowest BCUT2D eigenvalue weighted by Crippen LogP contribution is -2.43. The van der Waals surface area contributed by atoms with E-state index in [1.165, 1.54) is 11.1 Å². The second-order valence-electron chi connectivity index (χ2n) is 6.23. The van der Waals surface area contributed by atoms with E-state index in [1.807, 2.05) is 6.08 Å². The third kappa shape index (κ3) is 4.07. The van der Waals surface area contributed by atoms with E-state index in [9.17, 15) is 0 Å². The highest BCUT2D eigenvalue weighted by Gasteiger charge is 2.24. The van der Waals surface area contributed by atoms with E-state index in [0.717, 1.165) is 31.1 Å². The third-order valence-corrected chi connectivity index (χ3v) is 3.38. The molecule has 0 saturated heterocycles. The molecular formula is C17H29N3. The van der Waals surface area contributed by atoms with Gasteiger partial charge in [-0.2, -0.15) is 0 Å². The molecule has 0 saturated carbocycles. The molecule has 0 aliphatic rings. The lowest BCUT2D eigenvalue weighted by atomic mass is 10.0. The molecule has 3 heteroatoms. The van der Waals surface area contributed by atoms with Crippen LogP contribution in [0.4, 0.5) is 5.82 Å². The number of aromatic nitrogens is 1. The van der Waals surface area contributed by atoms with Crippen molar-refractivity contribution in [2.24, 2.45) is 0 Å². The van der Waals surface area contributed by atoms with Crippen LogP contribution in [0.5, 0.6) is 0 Å². The summed E-state index contributed by atoms with van der Waals surface area (Å²) in [6.07, 6.45) is 1.95. The van der Waals surface area contributed by atoms with Crippen molar-refractivity contribution in [1.29, 1.82) is 0 Å². The maximum absolute atomic E-state index is 4.81. The molecule has 1 heterocycles. The predicted octanol–water partition coefficient (Wildman–Crippen LogP) is 3.60. The van der Waals surface area contributed by atoms with Crippen LogP contribution in [0.25, 0.3) is 0 Å². The van der Waals surface area contributed by atoms with Gasteiger partial charge in [-0.25, -0.2) is 4.98 Å². The van der Waals surface area contributed by atoms with Crippen LogP contribution in [0.3, 0.4) is 0 Å². The second-order valence-corrected chi connectivity index (χ2v) is 6.23. The zero-order valence-corrected chi connectivity index (χ0v) is 13.9. The average molecular weight is 275 g/mol. The minimum absolute atomic E-state index is 0.0163. The Labute approximate surface area is 124 Å². The van der Waals surface area contributed by atoms with Gasteiger partial charge in [0.05, 0.1) is 0 Å². The second kappa shape index (κ2) is 6.89. The number of pyridine rings is 1. The SMILES string of the molecule is C=CCN(c1nc(C)cc(C)c1CNCC)C(C)(C)C. The van der Waals surface area contributed by atoms with Crippen molar-refractivity contribution < 1.29 is 0 Å². The predicted molar refractivity (Wildman–Crippen MR) is 88.4 cm³/mol. The lowest BCUT2D eigenvalue weighted by molar-refractivity contribution is 0.513. The molecule has 3 nitrogen and oxygen atoms in total. The van der Waals surface area contributed by atoms with E-state index in [1.54, 1.807) is 0 Å². The van der Waals surface area contributed by atoms with Gasteiger partial charge in [0.25, 0.3) is 0 Å². The Morgan fingerprint density at radius 1 is 1.35 bits per heavy atom. The molecule has 0 amide bonds. The summed E-state index contributed by atoms with van der Waals surface area (Å²) in [4.78, 5) is 7.14. The molecular weight excluding hydrogens is 246 g/mol. The highest BCUT2D eigenvalue weighted by Crippen LogP contribution is 2.28. The minimum Gasteiger partial charge on any atom is -0.348 e. The fourth-order valence-electron chi connectivity index (χ4n) is 2.34. The van der Waals surface area contributed by atoms with Crippen LogP contribution in [0.15, 0.2) is 18.7 Å². The van der Waals surface area contributed by atoms with Crippen LogP contribution in [0.2, 0.25) is 0 Å². The zero-order valence-electron chi connectivity index (χ0n) is 13.9. The number of anilines is 1. The van der Waals surface area contributed by atoms with E-state index in [-0.39, 0.29) is 5.54 Å². The van der Waals surface area contributed by atoms with E-state index in [2.05, 4.69) is 64.4 Å². The van der Waals surface area contributed by atoms with Crippen LogP contribution in [0.1, 0.15) is 44.5 Å². The van der Waals surface area contributed by atoms with Gasteiger partial charge in [0.15, 0.2) is 0 Å². The largest absolute Gasteiger partial charge is 0.348 e. The Hall–Kier alpha value is -1.35. The molecule has 20 heavy (non-hydrogen) atoms. The summed E-state index contributed by atoms with van der Waals surface area (Å²) in [5, 5.41) is 3.42. The molecule has 1 aromatic heterocycles. The van der Waals surface area contributed by atoms with Crippen molar-refractivity contribution in [2.75, 3.05) is 18.0 Å². The maximum Gasteiger partial charge on any atom is 0.134 e. The summed E-state index contributed by atoms with van der Waals surface area (Å²) in [5.41, 5.74) is 3.67. The van der Waals surface area contributed by atoms with Gasteiger partial charge in [-0.15, -0.1) is 6.58 Å². The number of rotatable bonds is 6. The van der Waals surface area contributed by atoms with E-state index >= 15 is 0 Å². The van der Waals surface area contributed by atoms with Crippen molar-refractivity contribution in [3.63, 3.8) is 0 Å². The van der Waals surface area contributed by atoms with Crippen molar-refractivity contribution >= 4 is 5.82 Å². The highest BCUT2D eigenvalue weighted by atomic mass is 15.2. The van der Waals surface area contributed by atoms with E-state index < -0.39 is 0 Å². The molecule has 0 aliphatic carbocycles. The van der Waals surface area contributed by atoms with Gasteiger partial charge in [-0.05, 0) is 52.8 Å². The fourth-order valence-corrected chi connectivity index (χ4v) is 2.34. The van der Waals surface area contributed by atoms with E-state index in [4.69, 9.17) is 4.98 Å². The molecule has 0 atom stereocenters. The molecule has 0 fully saturated rings. The van der Waals surface area contributed by atoms with Gasteiger partial charge in [-0.3, -0.25) is 0 Å². The Kier molecular flexibility index (Phi) is 5.75. The number of hydrogen-bond acceptors (Lipinski definition) is 3. The topological polar surface area (TPSA) is 28.2 Å². The van der Waals surface area contributed by atoms with Gasteiger partial charge in [-0.1, -0.05) is 13.0 Å². The van der Waals surface area contributed by atoms with E-state index in [0.29, 0.717) is 0 Å². The Morgan fingerprint density at radius 2 is 2.00 bits per heavy atom. The van der Waals surface area contributed by atoms with Gasteiger partial charge in [0.2, 0.25) is 0 Å². The summed E-state index contributed by atoms with van der Waals surface area (Å²) >= 11 is 0. The molecule has 1 aromatic rings. The van der Waals surface area contributed by atoms with Crippen LogP contribution < -0.4 is 10.2 Å². The quantitative estimate of drug-likeness (QED) is 0.804. The first kappa shape index (κ1) is 16.7. The molecule has 112 valence electrons. The smallest absolute Gasteiger partial charge is 0.134 e. The number of aryl methyl sites for hydroxylation is 2. The van der Waals surface area contributed by atoms with Crippen molar-refractivity contribution in [3.8, 4) is 0 Å². The Bertz CT molecular complexity index is 458. The standard InChI is InChI=1S/C17H29N3/c1-8-10-20(17(5,6)7)16-15(12-18-9-2)13(3)11-14(4)19-16/h8,11,18H,1,9-10,12H2,2-7H3. The van der Waals surface area contributed by atoms with Gasteiger partial charge in [0.1, 0.15) is 5.82 Å². The van der Waals surface area contributed by atoms with Crippen molar-refractivity contribution in [1.82, 2.24) is 10.3 Å². The molecule has 0 bridgehead atoms. The molecule has 1 N–H and O–H groups in total. The molecule has 1 rings (SSSR count). The first-order valence-electron chi connectivity index (χ1n) is 7.37. The molecule has 0 aromatic carbocycles. The lowest BCUT2D eigenvalue weighted by Gasteiger charge is -2.37. The molecule has 0 radical (unpaired) electrons. The Morgan fingerprint density at radius 3 is 2.50 bits per heavy atom.